The Morgan fingerprint density at radius 3 is 1.51 bits per heavy atom. The first-order chi connectivity index (χ1) is 45.0. The number of thioether (sulfide) groups is 1. The van der Waals surface area contributed by atoms with E-state index in [4.69, 9.17) is 42.6 Å². The van der Waals surface area contributed by atoms with E-state index in [2.05, 4.69) is 26.6 Å². The van der Waals surface area contributed by atoms with Gasteiger partial charge in [0.1, 0.15) is 25.0 Å². The molecule has 1 aromatic carbocycles. The number of hydrogen-bond acceptors (Lipinski definition) is 26. The zero-order valence-corrected chi connectivity index (χ0v) is 57.4. The van der Waals surface area contributed by atoms with Crippen LogP contribution in [0.25, 0.3) is 0 Å². The predicted octanol–water partition coefficient (Wildman–Crippen LogP) is 1.54. The van der Waals surface area contributed by atoms with Crippen LogP contribution >= 0.6 is 33.3 Å². The largest absolute Gasteiger partial charge is 0.379 e. The van der Waals surface area contributed by atoms with Gasteiger partial charge in [-0.2, -0.15) is 0 Å². The number of nitrogens with zero attached hydrogens (tertiary/aromatic N) is 1. The summed E-state index contributed by atoms with van der Waals surface area (Å²) in [5.41, 5.74) is -0.666. The lowest BCUT2D eigenvalue weighted by molar-refractivity contribution is -0.154. The third kappa shape index (κ3) is 33.2. The van der Waals surface area contributed by atoms with Crippen molar-refractivity contribution in [2.45, 2.75) is 115 Å². The van der Waals surface area contributed by atoms with Crippen molar-refractivity contribution in [3.05, 3.63) is 29.8 Å². The Bertz CT molecular complexity index is 2580. The lowest BCUT2D eigenvalue weighted by Crippen LogP contribution is -2.50. The number of ether oxygens (including phenoxy) is 9. The highest BCUT2D eigenvalue weighted by Crippen LogP contribution is 2.66. The summed E-state index contributed by atoms with van der Waals surface area (Å²) < 4.78 is 48.0. The van der Waals surface area contributed by atoms with Gasteiger partial charge in [0.25, 0.3) is 0 Å². The third-order valence-electron chi connectivity index (χ3n) is 13.8. The molecule has 2 aliphatic rings. The molecule has 0 aromatic heterocycles. The molecule has 0 aliphatic carbocycles. The maximum absolute atomic E-state index is 13.4. The van der Waals surface area contributed by atoms with Crippen molar-refractivity contribution in [2.75, 3.05) is 156 Å². The average Bonchev–Trinajstić information content (AvgIpc) is 1.26. The Morgan fingerprint density at radius 2 is 1.03 bits per heavy atom. The van der Waals surface area contributed by atoms with Gasteiger partial charge in [0.05, 0.1) is 111 Å². The third-order valence-corrected chi connectivity index (χ3v) is 18.1. The molecule has 0 saturated carbocycles. The second-order valence-electron chi connectivity index (χ2n) is 20.9. The minimum atomic E-state index is -2.30. The molecule has 0 bridgehead atoms. The van der Waals surface area contributed by atoms with Crippen molar-refractivity contribution in [3.8, 4) is 0 Å². The van der Waals surface area contributed by atoms with Gasteiger partial charge in [-0.05, 0) is 51.8 Å². The van der Waals surface area contributed by atoms with Crippen LogP contribution in [-0.4, -0.2) is 253 Å². The number of hydrogen-bond donors (Lipinski definition) is 5. The summed E-state index contributed by atoms with van der Waals surface area (Å²) in [4.78, 5) is 173. The van der Waals surface area contributed by atoms with E-state index in [0.717, 1.165) is 49.4 Å². The minimum absolute atomic E-state index is 0.00824. The Kier molecular flexibility index (Phi) is 43.6. The van der Waals surface area contributed by atoms with Crippen molar-refractivity contribution >= 4 is 121 Å². The fourth-order valence-corrected chi connectivity index (χ4v) is 11.9. The van der Waals surface area contributed by atoms with Gasteiger partial charge in [0.2, 0.25) is 46.8 Å². The molecule has 7 amide bonds. The van der Waals surface area contributed by atoms with Crippen LogP contribution in [0.5, 0.6) is 0 Å². The van der Waals surface area contributed by atoms with Gasteiger partial charge in [0.15, 0.2) is 38.8 Å². The molecular formula is C62H94N6O23S3. The van der Waals surface area contributed by atoms with E-state index in [1.807, 2.05) is 26.0 Å². The van der Waals surface area contributed by atoms with E-state index in [9.17, 15) is 67.1 Å². The van der Waals surface area contributed by atoms with Crippen LogP contribution in [0.15, 0.2) is 24.3 Å². The topological polar surface area (TPSA) is 385 Å². The predicted molar refractivity (Wildman–Crippen MR) is 348 cm³/mol. The highest BCUT2D eigenvalue weighted by Gasteiger charge is 2.57. The number of aryl methyl sites for hydroxylation is 1. The molecule has 1 aromatic rings. The van der Waals surface area contributed by atoms with Gasteiger partial charge in [-0.15, -0.1) is 11.8 Å². The summed E-state index contributed by atoms with van der Waals surface area (Å²) in [5.74, 6) is -6.77. The van der Waals surface area contributed by atoms with Gasteiger partial charge in [-0.25, -0.2) is 0 Å². The second kappa shape index (κ2) is 48.7. The molecule has 2 atom stereocenters. The first kappa shape index (κ1) is 84.2. The normalized spacial score (nSPS) is 14.2. The van der Waals surface area contributed by atoms with Crippen LogP contribution in [0.3, 0.4) is 0 Å². The molecular weight excluding hydrogens is 1290 g/mol. The molecule has 3 rings (SSSR count). The number of anilines is 1. The van der Waals surface area contributed by atoms with Gasteiger partial charge < -0.3 is 69.2 Å². The number of nitrogens with one attached hydrogen (secondary N) is 5. The molecule has 5 N–H and O–H groups in total. The van der Waals surface area contributed by atoms with E-state index >= 15 is 0 Å². The lowest BCUT2D eigenvalue weighted by atomic mass is 9.72. The summed E-state index contributed by atoms with van der Waals surface area (Å²) in [6.07, 6.45) is 1.86. The zero-order valence-electron chi connectivity index (χ0n) is 54.9. The molecule has 528 valence electrons. The van der Waals surface area contributed by atoms with Crippen LogP contribution in [0.2, 0.25) is 0 Å². The second-order valence-corrected chi connectivity index (χ2v) is 24.9. The highest BCUT2D eigenvalue weighted by molar-refractivity contribution is 8.94. The summed E-state index contributed by atoms with van der Waals surface area (Å²) in [7, 11) is 2.55. The maximum Gasteiger partial charge on any atom is 0.250 e. The van der Waals surface area contributed by atoms with E-state index in [-0.39, 0.29) is 154 Å². The number of likely N-dealkylation sites (tertiary alicyclic amines) is 1. The first-order valence-corrected chi connectivity index (χ1v) is 34.3. The van der Waals surface area contributed by atoms with Gasteiger partial charge in [-0.1, -0.05) is 54.5 Å². The Hall–Kier alpha value is -5.91. The number of Topliss-reactive ketones (excluding diaryl/α,β-unsaturated/α-hetero) is 7. The number of imide groups is 1. The van der Waals surface area contributed by atoms with Crippen molar-refractivity contribution in [1.82, 2.24) is 26.2 Å². The van der Waals surface area contributed by atoms with Crippen molar-refractivity contribution in [3.63, 3.8) is 0 Å². The monoisotopic (exact) mass is 1390 g/mol. The number of rotatable bonds is 55. The number of benzene rings is 1. The van der Waals surface area contributed by atoms with Crippen molar-refractivity contribution < 1.29 is 110 Å². The van der Waals surface area contributed by atoms with E-state index in [1.54, 1.807) is 19.1 Å². The van der Waals surface area contributed by atoms with E-state index in [0.29, 0.717) is 57.9 Å². The fourth-order valence-electron chi connectivity index (χ4n) is 8.47. The van der Waals surface area contributed by atoms with E-state index in [1.165, 1.54) is 28.5 Å². The average molecular weight is 1390 g/mol. The highest BCUT2D eigenvalue weighted by atomic mass is 33.2. The molecule has 2 fully saturated rings. The molecule has 32 heteroatoms. The Morgan fingerprint density at radius 1 is 0.553 bits per heavy atom. The van der Waals surface area contributed by atoms with Gasteiger partial charge >= 0.3 is 0 Å². The molecule has 2 aliphatic heterocycles. The first-order valence-electron chi connectivity index (χ1n) is 31.1. The molecule has 94 heavy (non-hydrogen) atoms. The number of carbonyl (C=O) groups excluding carboxylic acids is 14. The summed E-state index contributed by atoms with van der Waals surface area (Å²) in [6, 6.07) is 6.04. The van der Waals surface area contributed by atoms with Crippen LogP contribution in [-0.2, 0) is 116 Å². The van der Waals surface area contributed by atoms with Gasteiger partial charge in [-0.3, -0.25) is 72.0 Å². The quantitative estimate of drug-likeness (QED) is 0.0203. The summed E-state index contributed by atoms with van der Waals surface area (Å²) in [6.45, 7) is 12.9. The van der Waals surface area contributed by atoms with E-state index < -0.39 is 92.6 Å². The SMILES string of the molecule is CCC(=O)CCNC(=O)CC.CCc1ccc(NC(=O)COCC(=O)N[C@@H](CSC2CC(=O)N(CCC(=O)NCCOCCOCCOCCOCCC(=O)C3(C(C)=O)SS3)C2=O)C(=O)NCCOCCOCCOCCOCCC(=O)C(C(C)=O)(C(C)=O)C(C)=O)cc1. The molecule has 2 saturated heterocycles. The summed E-state index contributed by atoms with van der Waals surface area (Å²) in [5, 5.41) is 12.4. The minimum Gasteiger partial charge on any atom is -0.379 e. The molecule has 0 spiro atoms. The van der Waals surface area contributed by atoms with Crippen LogP contribution < -0.4 is 26.6 Å². The lowest BCUT2D eigenvalue weighted by Gasteiger charge is -2.23. The maximum atomic E-state index is 13.4. The van der Waals surface area contributed by atoms with Crippen molar-refractivity contribution in [1.29, 1.82) is 0 Å². The van der Waals surface area contributed by atoms with Crippen molar-refractivity contribution in [2.24, 2.45) is 5.41 Å². The molecule has 0 radical (unpaired) electrons. The summed E-state index contributed by atoms with van der Waals surface area (Å²) >= 11 is 0.989. The standard InChI is InChI=1S/C54H79N5O21S3.C8H15NO2/c1-6-41-7-9-42(10-8-41)57-48(67)34-80-35-49(68)58-43(51(70)56-15-20-75-24-28-79-32-29-76-25-21-72-17-12-45(64)53(37(2)60,38(3)61)39(4)62)36-81-44-33-50(69)59(52(44)71)16-11-47(66)55-14-19-74-23-27-78-31-30-77-26-22-73-18-13-46(65)54(40(5)63)82-83-54;1-3-7(10)5-6-9-8(11)4-2/h7-10,43-44H,6,11-36H2,1-5H3,(H,55,66)(H,56,70)(H,57,67)(H,58,68);3-6H2,1-2H3,(H,9,11)/t43-,44?;/m0./s1. The fraction of sp³-hybridized carbons (Fsp3) is 0.677. The smallest absolute Gasteiger partial charge is 0.250 e. The zero-order chi connectivity index (χ0) is 69.7. The van der Waals surface area contributed by atoms with Gasteiger partial charge in [0, 0.05) is 82.6 Å². The Balaban J connectivity index is 0.00000249. The number of amides is 7. The number of carbonyl (C=O) groups is 14. The van der Waals surface area contributed by atoms with Crippen LogP contribution in [0.4, 0.5) is 5.69 Å². The van der Waals surface area contributed by atoms with Crippen LogP contribution in [0.1, 0.15) is 99.0 Å². The molecule has 1 unspecified atom stereocenters. The molecule has 2 heterocycles. The number of ketones is 7. The molecule has 29 nitrogen and oxygen atoms in total. The Labute approximate surface area is 560 Å². The van der Waals surface area contributed by atoms with Crippen LogP contribution in [0, 0.1) is 5.41 Å².